The number of anilines is 1. The van der Waals surface area contributed by atoms with Gasteiger partial charge in [-0.3, -0.25) is 4.79 Å². The molecule has 1 amide bonds. The minimum absolute atomic E-state index is 0.0000926. The second kappa shape index (κ2) is 4.88. The molecule has 0 saturated carbocycles. The van der Waals surface area contributed by atoms with E-state index in [1.54, 1.807) is 18.2 Å². The van der Waals surface area contributed by atoms with E-state index in [0.29, 0.717) is 22.9 Å². The van der Waals surface area contributed by atoms with Gasteiger partial charge in [-0.05, 0) is 25.0 Å². The Hall–Kier alpha value is -1.71. The molecule has 0 fully saturated rings. The Morgan fingerprint density at radius 3 is 2.44 bits per heavy atom. The lowest BCUT2D eigenvalue weighted by Crippen LogP contribution is -2.21. The molecule has 1 aromatic carbocycles. The molecule has 0 aromatic heterocycles. The molecule has 0 bridgehead atoms. The van der Waals surface area contributed by atoms with Gasteiger partial charge < -0.3 is 16.2 Å². The van der Waals surface area contributed by atoms with Gasteiger partial charge in [-0.15, -0.1) is 0 Å². The summed E-state index contributed by atoms with van der Waals surface area (Å²) in [5.41, 5.74) is 11.8. The number of nitrogens with two attached hydrogens (primary N) is 2. The van der Waals surface area contributed by atoms with Crippen molar-refractivity contribution < 1.29 is 9.53 Å². The zero-order valence-corrected chi connectivity index (χ0v) is 9.86. The number of primary amides is 1. The summed E-state index contributed by atoms with van der Waals surface area (Å²) in [6, 6.07) is 4.84. The third-order valence-electron chi connectivity index (χ3n) is 2.52. The first-order valence-corrected chi connectivity index (χ1v) is 5.27. The predicted octanol–water partition coefficient (Wildman–Crippen LogP) is 1.79. The Morgan fingerprint density at radius 1 is 1.31 bits per heavy atom. The number of carbonyl (C=O) groups is 1. The highest BCUT2D eigenvalue weighted by Gasteiger charge is 2.14. The maximum absolute atomic E-state index is 11.2. The fourth-order valence-electron chi connectivity index (χ4n) is 1.18. The van der Waals surface area contributed by atoms with Crippen LogP contribution in [0.25, 0.3) is 0 Å². The molecule has 0 spiro atoms. The highest BCUT2D eigenvalue weighted by Crippen LogP contribution is 2.24. The first kappa shape index (κ1) is 12.4. The molecule has 0 heterocycles. The summed E-state index contributed by atoms with van der Waals surface area (Å²) in [5.74, 6) is 0.293. The molecule has 4 heteroatoms. The van der Waals surface area contributed by atoms with E-state index in [0.717, 1.165) is 0 Å². The highest BCUT2D eigenvalue weighted by molar-refractivity contribution is 5.96. The lowest BCUT2D eigenvalue weighted by atomic mass is 10.1. The van der Waals surface area contributed by atoms with Crippen LogP contribution >= 0.6 is 0 Å². The van der Waals surface area contributed by atoms with E-state index in [4.69, 9.17) is 16.2 Å². The van der Waals surface area contributed by atoms with E-state index in [2.05, 4.69) is 0 Å². The Bertz CT molecular complexity index is 389. The van der Waals surface area contributed by atoms with Gasteiger partial charge in [-0.1, -0.05) is 13.8 Å². The van der Waals surface area contributed by atoms with Crippen molar-refractivity contribution in [1.82, 2.24) is 0 Å². The van der Waals surface area contributed by atoms with Crippen LogP contribution in [0, 0.1) is 5.92 Å². The van der Waals surface area contributed by atoms with Crippen molar-refractivity contribution in [3.05, 3.63) is 23.8 Å². The zero-order chi connectivity index (χ0) is 12.3. The fraction of sp³-hybridized carbons (Fsp3) is 0.417. The maximum atomic E-state index is 11.2. The maximum Gasteiger partial charge on any atom is 0.252 e. The summed E-state index contributed by atoms with van der Waals surface area (Å²) in [6.45, 7) is 6.03. The number of hydrogen-bond donors (Lipinski definition) is 2. The predicted molar refractivity (Wildman–Crippen MR) is 64.3 cm³/mol. The number of hydrogen-bond acceptors (Lipinski definition) is 3. The molecule has 1 aromatic rings. The van der Waals surface area contributed by atoms with Gasteiger partial charge in [-0.2, -0.15) is 0 Å². The van der Waals surface area contributed by atoms with Gasteiger partial charge in [0.05, 0.1) is 11.7 Å². The van der Waals surface area contributed by atoms with Crippen LogP contribution in [0.15, 0.2) is 18.2 Å². The Morgan fingerprint density at radius 2 is 1.94 bits per heavy atom. The summed E-state index contributed by atoms with van der Waals surface area (Å²) >= 11 is 0. The average Bonchev–Trinajstić information content (AvgIpc) is 2.16. The molecule has 1 unspecified atom stereocenters. The molecule has 0 aliphatic heterocycles. The van der Waals surface area contributed by atoms with Crippen LogP contribution in [-0.2, 0) is 0 Å². The van der Waals surface area contributed by atoms with Gasteiger partial charge in [0.25, 0.3) is 5.91 Å². The van der Waals surface area contributed by atoms with E-state index < -0.39 is 5.91 Å². The quantitative estimate of drug-likeness (QED) is 0.762. The SMILES string of the molecule is CC(C)C(C)Oc1cc(N)ccc1C(N)=O. The van der Waals surface area contributed by atoms with Gasteiger partial charge in [-0.25, -0.2) is 0 Å². The van der Waals surface area contributed by atoms with Crippen LogP contribution in [0.1, 0.15) is 31.1 Å². The molecule has 1 rings (SSSR count). The van der Waals surface area contributed by atoms with E-state index in [1.807, 2.05) is 20.8 Å². The molecule has 0 aliphatic rings. The van der Waals surface area contributed by atoms with Crippen molar-refractivity contribution in [2.75, 3.05) is 5.73 Å². The van der Waals surface area contributed by atoms with Crippen molar-refractivity contribution in [2.24, 2.45) is 11.7 Å². The number of carbonyl (C=O) groups excluding carboxylic acids is 1. The standard InChI is InChI=1S/C12H18N2O2/c1-7(2)8(3)16-11-6-9(13)4-5-10(11)12(14)15/h4-8H,13H2,1-3H3,(H2,14,15). The van der Waals surface area contributed by atoms with Gasteiger partial charge in [0.1, 0.15) is 5.75 Å². The first-order valence-electron chi connectivity index (χ1n) is 5.27. The van der Waals surface area contributed by atoms with Crippen LogP contribution in [0.4, 0.5) is 5.69 Å². The Labute approximate surface area is 95.6 Å². The second-order valence-electron chi connectivity index (χ2n) is 4.19. The number of rotatable bonds is 4. The van der Waals surface area contributed by atoms with E-state index >= 15 is 0 Å². The van der Waals surface area contributed by atoms with Crippen LogP contribution in [0.5, 0.6) is 5.75 Å². The van der Waals surface area contributed by atoms with Crippen LogP contribution < -0.4 is 16.2 Å². The zero-order valence-electron chi connectivity index (χ0n) is 9.86. The van der Waals surface area contributed by atoms with Crippen molar-refractivity contribution >= 4 is 11.6 Å². The third kappa shape index (κ3) is 2.89. The monoisotopic (exact) mass is 222 g/mol. The van der Waals surface area contributed by atoms with Gasteiger partial charge in [0, 0.05) is 11.8 Å². The normalized spacial score (nSPS) is 12.5. The molecule has 88 valence electrons. The minimum atomic E-state index is -0.508. The Balaban J connectivity index is 3.01. The van der Waals surface area contributed by atoms with Crippen molar-refractivity contribution in [3.8, 4) is 5.75 Å². The lowest BCUT2D eigenvalue weighted by molar-refractivity contribution is 0.0990. The van der Waals surface area contributed by atoms with Crippen LogP contribution in [0.3, 0.4) is 0 Å². The fourth-order valence-corrected chi connectivity index (χ4v) is 1.18. The molecule has 16 heavy (non-hydrogen) atoms. The van der Waals surface area contributed by atoms with E-state index in [9.17, 15) is 4.79 Å². The average molecular weight is 222 g/mol. The summed E-state index contributed by atoms with van der Waals surface area (Å²) in [6.07, 6.45) is -0.0000926. The molecular formula is C12H18N2O2. The molecule has 1 atom stereocenters. The number of amides is 1. The summed E-state index contributed by atoms with van der Waals surface area (Å²) in [7, 11) is 0. The van der Waals surface area contributed by atoms with E-state index in [1.165, 1.54) is 0 Å². The second-order valence-corrected chi connectivity index (χ2v) is 4.19. The molecular weight excluding hydrogens is 204 g/mol. The lowest BCUT2D eigenvalue weighted by Gasteiger charge is -2.19. The summed E-state index contributed by atoms with van der Waals surface area (Å²) in [5, 5.41) is 0. The molecule has 0 aliphatic carbocycles. The van der Waals surface area contributed by atoms with Crippen molar-refractivity contribution in [2.45, 2.75) is 26.9 Å². The molecule has 0 radical (unpaired) electrons. The van der Waals surface area contributed by atoms with Gasteiger partial charge in [0.2, 0.25) is 0 Å². The summed E-state index contributed by atoms with van der Waals surface area (Å²) < 4.78 is 5.67. The first-order chi connectivity index (χ1) is 7.41. The topological polar surface area (TPSA) is 78.3 Å². The summed E-state index contributed by atoms with van der Waals surface area (Å²) in [4.78, 5) is 11.2. The smallest absolute Gasteiger partial charge is 0.252 e. The third-order valence-corrected chi connectivity index (χ3v) is 2.52. The molecule has 4 N–H and O–H groups in total. The largest absolute Gasteiger partial charge is 0.490 e. The van der Waals surface area contributed by atoms with Crippen molar-refractivity contribution in [3.63, 3.8) is 0 Å². The number of ether oxygens (including phenoxy) is 1. The molecule has 4 nitrogen and oxygen atoms in total. The minimum Gasteiger partial charge on any atom is -0.490 e. The van der Waals surface area contributed by atoms with E-state index in [-0.39, 0.29) is 6.10 Å². The molecule has 0 saturated heterocycles. The van der Waals surface area contributed by atoms with Gasteiger partial charge >= 0.3 is 0 Å². The number of benzene rings is 1. The van der Waals surface area contributed by atoms with Gasteiger partial charge in [0.15, 0.2) is 0 Å². The van der Waals surface area contributed by atoms with Crippen molar-refractivity contribution in [1.29, 1.82) is 0 Å². The number of nitrogen functional groups attached to an aromatic ring is 1. The Kier molecular flexibility index (Phi) is 3.77. The highest BCUT2D eigenvalue weighted by atomic mass is 16.5. The van der Waals surface area contributed by atoms with Crippen LogP contribution in [0.2, 0.25) is 0 Å². The van der Waals surface area contributed by atoms with Crippen LogP contribution in [-0.4, -0.2) is 12.0 Å².